The number of nitrogens with zero attached hydrogens (tertiary/aromatic N) is 1. The van der Waals surface area contributed by atoms with E-state index in [1.165, 1.54) is 11.1 Å². The minimum absolute atomic E-state index is 0.0775. The summed E-state index contributed by atoms with van der Waals surface area (Å²) in [5.41, 5.74) is 4.61. The van der Waals surface area contributed by atoms with Crippen LogP contribution in [0, 0.1) is 13.8 Å². The summed E-state index contributed by atoms with van der Waals surface area (Å²) in [7, 11) is 1.74. The standard InChI is InChI=1S/C15H21N3O/c1-11-14(12(2)18-17-11)9-16-10-15(19-3)13-7-5-4-6-8-13/h4-8,15-16H,9-10H2,1-3H3,(H,17,18)/t15-/m0/s1. The predicted molar refractivity (Wildman–Crippen MR) is 76.0 cm³/mol. The van der Waals surface area contributed by atoms with Crippen molar-refractivity contribution in [2.24, 2.45) is 0 Å². The van der Waals surface area contributed by atoms with Gasteiger partial charge in [-0.1, -0.05) is 30.3 Å². The average Bonchev–Trinajstić information content (AvgIpc) is 2.76. The molecule has 0 saturated heterocycles. The van der Waals surface area contributed by atoms with Gasteiger partial charge >= 0.3 is 0 Å². The molecule has 0 aliphatic carbocycles. The van der Waals surface area contributed by atoms with Crippen LogP contribution in [0.2, 0.25) is 0 Å². The third kappa shape index (κ3) is 3.43. The van der Waals surface area contributed by atoms with Crippen LogP contribution in [0.1, 0.15) is 28.6 Å². The Bertz CT molecular complexity index is 488. The smallest absolute Gasteiger partial charge is 0.0945 e. The zero-order valence-electron chi connectivity index (χ0n) is 11.7. The molecule has 2 aromatic rings. The summed E-state index contributed by atoms with van der Waals surface area (Å²) >= 11 is 0. The second-order valence-corrected chi connectivity index (χ2v) is 4.68. The van der Waals surface area contributed by atoms with Gasteiger partial charge in [0.2, 0.25) is 0 Å². The van der Waals surface area contributed by atoms with Crippen molar-refractivity contribution < 1.29 is 4.74 Å². The maximum absolute atomic E-state index is 5.53. The lowest BCUT2D eigenvalue weighted by molar-refractivity contribution is 0.102. The topological polar surface area (TPSA) is 49.9 Å². The zero-order chi connectivity index (χ0) is 13.7. The Morgan fingerprint density at radius 3 is 2.58 bits per heavy atom. The summed E-state index contributed by atoms with van der Waals surface area (Å²) in [5.74, 6) is 0. The Kier molecular flexibility index (Phi) is 4.71. The second kappa shape index (κ2) is 6.50. The van der Waals surface area contributed by atoms with Crippen molar-refractivity contribution in [1.82, 2.24) is 15.5 Å². The van der Waals surface area contributed by atoms with Gasteiger partial charge in [0.05, 0.1) is 11.8 Å². The van der Waals surface area contributed by atoms with E-state index in [1.54, 1.807) is 7.11 Å². The molecule has 0 fully saturated rings. The van der Waals surface area contributed by atoms with Gasteiger partial charge in [-0.25, -0.2) is 0 Å². The maximum atomic E-state index is 5.53. The molecule has 1 aromatic heterocycles. The van der Waals surface area contributed by atoms with Crippen LogP contribution >= 0.6 is 0 Å². The van der Waals surface area contributed by atoms with Crippen LogP contribution in [0.15, 0.2) is 30.3 Å². The molecule has 0 unspecified atom stereocenters. The van der Waals surface area contributed by atoms with Gasteiger partial charge in [0.1, 0.15) is 0 Å². The van der Waals surface area contributed by atoms with Gasteiger partial charge in [-0.2, -0.15) is 5.10 Å². The molecule has 1 atom stereocenters. The molecule has 0 aliphatic heterocycles. The van der Waals surface area contributed by atoms with E-state index in [4.69, 9.17) is 4.74 Å². The summed E-state index contributed by atoms with van der Waals surface area (Å²) in [6, 6.07) is 10.3. The molecule has 0 aliphatic rings. The number of nitrogens with one attached hydrogen (secondary N) is 2. The van der Waals surface area contributed by atoms with E-state index < -0.39 is 0 Å². The zero-order valence-corrected chi connectivity index (χ0v) is 11.7. The highest BCUT2D eigenvalue weighted by Crippen LogP contribution is 2.15. The van der Waals surface area contributed by atoms with E-state index in [0.29, 0.717) is 0 Å². The Labute approximate surface area is 114 Å². The number of methoxy groups -OCH3 is 1. The molecule has 1 aromatic carbocycles. The number of aryl methyl sites for hydroxylation is 2. The predicted octanol–water partition coefficient (Wildman–Crippen LogP) is 2.50. The van der Waals surface area contributed by atoms with Crippen LogP contribution in [0.4, 0.5) is 0 Å². The molecule has 19 heavy (non-hydrogen) atoms. The van der Waals surface area contributed by atoms with Crippen molar-refractivity contribution in [3.8, 4) is 0 Å². The fourth-order valence-corrected chi connectivity index (χ4v) is 2.17. The number of aromatic amines is 1. The maximum Gasteiger partial charge on any atom is 0.0945 e. The third-order valence-corrected chi connectivity index (χ3v) is 3.37. The van der Waals surface area contributed by atoms with Crippen molar-refractivity contribution in [1.29, 1.82) is 0 Å². The fraction of sp³-hybridized carbons (Fsp3) is 0.400. The highest BCUT2D eigenvalue weighted by Gasteiger charge is 2.11. The van der Waals surface area contributed by atoms with Crippen LogP contribution in [0.3, 0.4) is 0 Å². The molecular weight excluding hydrogens is 238 g/mol. The third-order valence-electron chi connectivity index (χ3n) is 3.37. The van der Waals surface area contributed by atoms with Crippen molar-refractivity contribution in [3.05, 3.63) is 52.8 Å². The van der Waals surface area contributed by atoms with E-state index in [1.807, 2.05) is 32.0 Å². The minimum Gasteiger partial charge on any atom is -0.375 e. The van der Waals surface area contributed by atoms with Crippen LogP contribution in [0.5, 0.6) is 0 Å². The van der Waals surface area contributed by atoms with Crippen molar-refractivity contribution in [2.45, 2.75) is 26.5 Å². The van der Waals surface area contributed by atoms with Crippen LogP contribution in [-0.4, -0.2) is 23.9 Å². The Balaban J connectivity index is 1.91. The molecule has 0 bridgehead atoms. The quantitative estimate of drug-likeness (QED) is 0.838. The first-order chi connectivity index (χ1) is 9.22. The molecule has 4 nitrogen and oxygen atoms in total. The van der Waals surface area contributed by atoms with Crippen molar-refractivity contribution in [3.63, 3.8) is 0 Å². The van der Waals surface area contributed by atoms with Gasteiger partial charge in [0, 0.05) is 31.5 Å². The first-order valence-corrected chi connectivity index (χ1v) is 6.51. The Morgan fingerprint density at radius 1 is 1.26 bits per heavy atom. The summed E-state index contributed by atoms with van der Waals surface area (Å²) in [6.45, 7) is 5.65. The van der Waals surface area contributed by atoms with Gasteiger partial charge in [-0.15, -0.1) is 0 Å². The summed E-state index contributed by atoms with van der Waals surface area (Å²) in [5, 5.41) is 10.6. The number of aromatic nitrogens is 2. The molecule has 0 spiro atoms. The van der Waals surface area contributed by atoms with Gasteiger partial charge in [0.15, 0.2) is 0 Å². The molecule has 1 heterocycles. The van der Waals surface area contributed by atoms with E-state index in [9.17, 15) is 0 Å². The summed E-state index contributed by atoms with van der Waals surface area (Å²) < 4.78 is 5.53. The molecular formula is C15H21N3O. The largest absolute Gasteiger partial charge is 0.375 e. The van der Waals surface area contributed by atoms with Crippen LogP contribution in [0.25, 0.3) is 0 Å². The minimum atomic E-state index is 0.0775. The molecule has 0 saturated carbocycles. The second-order valence-electron chi connectivity index (χ2n) is 4.68. The molecule has 0 radical (unpaired) electrons. The lowest BCUT2D eigenvalue weighted by Crippen LogP contribution is -2.22. The van der Waals surface area contributed by atoms with Crippen LogP contribution in [-0.2, 0) is 11.3 Å². The van der Waals surface area contributed by atoms with Crippen LogP contribution < -0.4 is 5.32 Å². The number of H-pyrrole nitrogens is 1. The lowest BCUT2D eigenvalue weighted by Gasteiger charge is -2.16. The van der Waals surface area contributed by atoms with Crippen molar-refractivity contribution in [2.75, 3.05) is 13.7 Å². The number of hydrogen-bond acceptors (Lipinski definition) is 3. The fourth-order valence-electron chi connectivity index (χ4n) is 2.17. The van der Waals surface area contributed by atoms with E-state index in [2.05, 4.69) is 27.6 Å². The highest BCUT2D eigenvalue weighted by molar-refractivity contribution is 5.23. The van der Waals surface area contributed by atoms with E-state index in [0.717, 1.165) is 24.5 Å². The number of ether oxygens (including phenoxy) is 1. The molecule has 2 rings (SSSR count). The highest BCUT2D eigenvalue weighted by atomic mass is 16.5. The Hall–Kier alpha value is -1.65. The lowest BCUT2D eigenvalue weighted by atomic mass is 10.1. The molecule has 2 N–H and O–H groups in total. The monoisotopic (exact) mass is 259 g/mol. The first-order valence-electron chi connectivity index (χ1n) is 6.51. The van der Waals surface area contributed by atoms with E-state index >= 15 is 0 Å². The Morgan fingerprint density at radius 2 is 2.00 bits per heavy atom. The number of rotatable bonds is 6. The van der Waals surface area contributed by atoms with E-state index in [-0.39, 0.29) is 6.10 Å². The molecule has 4 heteroatoms. The first kappa shape index (κ1) is 13.8. The molecule has 0 amide bonds. The number of hydrogen-bond donors (Lipinski definition) is 2. The normalized spacial score (nSPS) is 12.6. The SMILES string of the molecule is CO[C@@H](CNCc1c(C)n[nH]c1C)c1ccccc1. The van der Waals surface area contributed by atoms with Gasteiger partial charge in [0.25, 0.3) is 0 Å². The average molecular weight is 259 g/mol. The van der Waals surface area contributed by atoms with Gasteiger partial charge in [-0.3, -0.25) is 5.10 Å². The van der Waals surface area contributed by atoms with Gasteiger partial charge < -0.3 is 10.1 Å². The number of benzene rings is 1. The summed E-state index contributed by atoms with van der Waals surface area (Å²) in [6.07, 6.45) is 0.0775. The molecule has 102 valence electrons. The summed E-state index contributed by atoms with van der Waals surface area (Å²) in [4.78, 5) is 0. The van der Waals surface area contributed by atoms with Gasteiger partial charge in [-0.05, 0) is 19.4 Å². The van der Waals surface area contributed by atoms with Crippen molar-refractivity contribution >= 4 is 0 Å².